The molecule has 0 aliphatic carbocycles. The molecule has 126 valence electrons. The van der Waals surface area contributed by atoms with Crippen molar-refractivity contribution in [3.8, 4) is 0 Å². The number of pyridine rings is 1. The zero-order valence-electron chi connectivity index (χ0n) is 14.3. The summed E-state index contributed by atoms with van der Waals surface area (Å²) in [7, 11) is 0. The molecule has 1 saturated heterocycles. The van der Waals surface area contributed by atoms with Gasteiger partial charge in [0.05, 0.1) is 5.69 Å². The zero-order chi connectivity index (χ0) is 16.4. The second-order valence-electron chi connectivity index (χ2n) is 6.88. The van der Waals surface area contributed by atoms with Crippen molar-refractivity contribution in [2.45, 2.75) is 51.7 Å². The molecule has 4 rings (SSSR count). The number of aromatic nitrogens is 4. The smallest absolute Gasteiger partial charge is 0.137 e. The number of likely N-dealkylation sites (tertiary alicyclic amines) is 1. The van der Waals surface area contributed by atoms with Crippen LogP contribution in [0.5, 0.6) is 0 Å². The van der Waals surface area contributed by atoms with E-state index in [9.17, 15) is 0 Å². The summed E-state index contributed by atoms with van der Waals surface area (Å²) in [5, 5.41) is 4.33. The molecule has 0 amide bonds. The predicted molar refractivity (Wildman–Crippen MR) is 94.8 cm³/mol. The number of fused-ring (bicyclic) bond motifs is 1. The van der Waals surface area contributed by atoms with Gasteiger partial charge in [0.25, 0.3) is 0 Å². The Bertz CT molecular complexity index is 789. The van der Waals surface area contributed by atoms with Crippen LogP contribution in [0.4, 0.5) is 0 Å². The molecule has 4 heterocycles. The quantitative estimate of drug-likeness (QED) is 0.723. The minimum atomic E-state index is 0.634. The van der Waals surface area contributed by atoms with Crippen LogP contribution in [0.15, 0.2) is 43.0 Å². The Morgan fingerprint density at radius 3 is 3.04 bits per heavy atom. The summed E-state index contributed by atoms with van der Waals surface area (Å²) in [5.74, 6) is 0. The lowest BCUT2D eigenvalue weighted by atomic mass is 9.99. The molecular formula is C19H25N5. The van der Waals surface area contributed by atoms with Crippen molar-refractivity contribution in [3.63, 3.8) is 0 Å². The van der Waals surface area contributed by atoms with Crippen molar-refractivity contribution in [2.24, 2.45) is 0 Å². The van der Waals surface area contributed by atoms with Gasteiger partial charge in [-0.2, -0.15) is 5.10 Å². The Labute approximate surface area is 142 Å². The fraction of sp³-hybridized carbons (Fsp3) is 0.474. The normalized spacial score (nSPS) is 19.1. The summed E-state index contributed by atoms with van der Waals surface area (Å²) in [4.78, 5) is 7.41. The van der Waals surface area contributed by atoms with Crippen LogP contribution in [0.1, 0.15) is 36.9 Å². The summed E-state index contributed by atoms with van der Waals surface area (Å²) >= 11 is 0. The van der Waals surface area contributed by atoms with E-state index in [0.29, 0.717) is 6.04 Å². The van der Waals surface area contributed by atoms with Gasteiger partial charge < -0.3 is 4.40 Å². The molecule has 3 aromatic heterocycles. The van der Waals surface area contributed by atoms with Gasteiger partial charge in [-0.25, -0.2) is 4.98 Å². The van der Waals surface area contributed by atoms with Crippen molar-refractivity contribution in [2.75, 3.05) is 6.54 Å². The first kappa shape index (κ1) is 15.4. The summed E-state index contributed by atoms with van der Waals surface area (Å²) in [6.45, 7) is 5.24. The van der Waals surface area contributed by atoms with Gasteiger partial charge in [-0.15, -0.1) is 0 Å². The first-order valence-corrected chi connectivity index (χ1v) is 8.94. The van der Waals surface area contributed by atoms with Crippen LogP contribution < -0.4 is 0 Å². The van der Waals surface area contributed by atoms with E-state index in [1.165, 1.54) is 37.1 Å². The first-order chi connectivity index (χ1) is 11.8. The van der Waals surface area contributed by atoms with Crippen LogP contribution in [-0.4, -0.2) is 36.7 Å². The van der Waals surface area contributed by atoms with E-state index in [1.54, 1.807) is 0 Å². The van der Waals surface area contributed by atoms with Gasteiger partial charge in [0, 0.05) is 43.9 Å². The lowest BCUT2D eigenvalue weighted by molar-refractivity contribution is 0.126. The molecule has 1 fully saturated rings. The highest BCUT2D eigenvalue weighted by atomic mass is 15.3. The third-order valence-electron chi connectivity index (χ3n) is 5.01. The van der Waals surface area contributed by atoms with Gasteiger partial charge in [0.1, 0.15) is 5.65 Å². The van der Waals surface area contributed by atoms with Gasteiger partial charge in [-0.1, -0.05) is 12.5 Å². The van der Waals surface area contributed by atoms with Gasteiger partial charge in [0.15, 0.2) is 0 Å². The van der Waals surface area contributed by atoms with E-state index in [-0.39, 0.29) is 0 Å². The number of rotatable bonds is 5. The first-order valence-electron chi connectivity index (χ1n) is 8.94. The second kappa shape index (κ2) is 6.77. The van der Waals surface area contributed by atoms with E-state index in [2.05, 4.69) is 52.0 Å². The Hall–Kier alpha value is -2.14. The van der Waals surface area contributed by atoms with Crippen molar-refractivity contribution in [1.29, 1.82) is 0 Å². The Kier molecular flexibility index (Phi) is 4.34. The van der Waals surface area contributed by atoms with Crippen molar-refractivity contribution < 1.29 is 0 Å². The van der Waals surface area contributed by atoms with Crippen LogP contribution in [0.3, 0.4) is 0 Å². The van der Waals surface area contributed by atoms with Crippen molar-refractivity contribution in [1.82, 2.24) is 24.1 Å². The molecule has 5 nitrogen and oxygen atoms in total. The summed E-state index contributed by atoms with van der Waals surface area (Å²) < 4.78 is 4.19. The molecule has 0 spiro atoms. The topological polar surface area (TPSA) is 38.4 Å². The monoisotopic (exact) mass is 323 g/mol. The van der Waals surface area contributed by atoms with Crippen molar-refractivity contribution in [3.05, 3.63) is 54.2 Å². The fourth-order valence-corrected chi connectivity index (χ4v) is 3.75. The van der Waals surface area contributed by atoms with E-state index in [1.807, 2.05) is 16.9 Å². The average molecular weight is 323 g/mol. The number of imidazole rings is 1. The van der Waals surface area contributed by atoms with Crippen LogP contribution >= 0.6 is 0 Å². The number of aryl methyl sites for hydroxylation is 2. The molecule has 0 N–H and O–H groups in total. The third kappa shape index (κ3) is 3.36. The Morgan fingerprint density at radius 1 is 1.21 bits per heavy atom. The number of piperidine rings is 1. The number of hydrogen-bond donors (Lipinski definition) is 0. The SMILES string of the molecule is Cc1ccc2nc(CN3CCCCC3CCn3cccn3)cn2c1. The molecule has 5 heteroatoms. The van der Waals surface area contributed by atoms with Crippen LogP contribution in [0.25, 0.3) is 5.65 Å². The van der Waals surface area contributed by atoms with E-state index in [0.717, 1.165) is 25.2 Å². The Balaban J connectivity index is 1.45. The maximum atomic E-state index is 4.80. The van der Waals surface area contributed by atoms with Crippen molar-refractivity contribution >= 4 is 5.65 Å². The summed E-state index contributed by atoms with van der Waals surface area (Å²) in [5.41, 5.74) is 3.48. The molecule has 0 bridgehead atoms. The lowest BCUT2D eigenvalue weighted by Crippen LogP contribution is -2.39. The lowest BCUT2D eigenvalue weighted by Gasteiger charge is -2.35. The third-order valence-corrected chi connectivity index (χ3v) is 5.01. The average Bonchev–Trinajstić information content (AvgIpc) is 3.22. The summed E-state index contributed by atoms with van der Waals surface area (Å²) in [6.07, 6.45) is 13.3. The highest BCUT2D eigenvalue weighted by molar-refractivity contribution is 5.41. The molecule has 0 radical (unpaired) electrons. The fourth-order valence-electron chi connectivity index (χ4n) is 3.75. The highest BCUT2D eigenvalue weighted by Crippen LogP contribution is 2.22. The van der Waals surface area contributed by atoms with E-state index < -0.39 is 0 Å². The maximum Gasteiger partial charge on any atom is 0.137 e. The number of hydrogen-bond acceptors (Lipinski definition) is 3. The van der Waals surface area contributed by atoms with Gasteiger partial charge in [-0.05, 0) is 50.4 Å². The molecule has 1 atom stereocenters. The zero-order valence-corrected chi connectivity index (χ0v) is 14.3. The molecule has 3 aromatic rings. The largest absolute Gasteiger partial charge is 0.307 e. The molecule has 24 heavy (non-hydrogen) atoms. The molecule has 1 aliphatic heterocycles. The predicted octanol–water partition coefficient (Wildman–Crippen LogP) is 3.28. The minimum absolute atomic E-state index is 0.634. The maximum absolute atomic E-state index is 4.80. The van der Waals surface area contributed by atoms with Crippen LogP contribution in [0, 0.1) is 6.92 Å². The second-order valence-corrected chi connectivity index (χ2v) is 6.88. The Morgan fingerprint density at radius 2 is 2.17 bits per heavy atom. The van der Waals surface area contributed by atoms with E-state index in [4.69, 9.17) is 4.98 Å². The molecule has 1 unspecified atom stereocenters. The van der Waals surface area contributed by atoms with Gasteiger partial charge in [0.2, 0.25) is 0 Å². The van der Waals surface area contributed by atoms with Gasteiger partial charge >= 0.3 is 0 Å². The molecule has 0 aromatic carbocycles. The minimum Gasteiger partial charge on any atom is -0.307 e. The molecule has 1 aliphatic rings. The van der Waals surface area contributed by atoms with Crippen LogP contribution in [0.2, 0.25) is 0 Å². The van der Waals surface area contributed by atoms with E-state index >= 15 is 0 Å². The van der Waals surface area contributed by atoms with Crippen LogP contribution in [-0.2, 0) is 13.1 Å². The molecule has 0 saturated carbocycles. The molecular weight excluding hydrogens is 298 g/mol. The summed E-state index contributed by atoms with van der Waals surface area (Å²) in [6, 6.07) is 6.86. The highest BCUT2D eigenvalue weighted by Gasteiger charge is 2.23. The van der Waals surface area contributed by atoms with Gasteiger partial charge in [-0.3, -0.25) is 9.58 Å². The number of nitrogens with zero attached hydrogens (tertiary/aromatic N) is 5. The standard InChI is InChI=1S/C19H25N5/c1-16-6-7-19-21-17(15-23(19)13-16)14-22-10-3-2-5-18(22)8-12-24-11-4-9-20-24/h4,6-7,9,11,13,15,18H,2-3,5,8,10,12,14H2,1H3.